The monoisotopic (exact) mass is 268 g/mol. The lowest BCUT2D eigenvalue weighted by Crippen LogP contribution is -2.36. The van der Waals surface area contributed by atoms with Gasteiger partial charge in [-0.25, -0.2) is 5.84 Å². The molecule has 2 aromatic carbocycles. The summed E-state index contributed by atoms with van der Waals surface area (Å²) in [4.78, 5) is 4.43. The summed E-state index contributed by atoms with van der Waals surface area (Å²) in [6.45, 7) is 2.78. The minimum atomic E-state index is 0.573. The van der Waals surface area contributed by atoms with Crippen molar-refractivity contribution < 1.29 is 0 Å². The van der Waals surface area contributed by atoms with E-state index in [0.29, 0.717) is 12.5 Å². The van der Waals surface area contributed by atoms with Crippen molar-refractivity contribution in [2.45, 2.75) is 13.3 Å². The van der Waals surface area contributed by atoms with Gasteiger partial charge in [0.05, 0.1) is 0 Å². The minimum Gasteiger partial charge on any atom is -0.325 e. The molecular formula is C16H20N4. The molecule has 0 unspecified atom stereocenters. The van der Waals surface area contributed by atoms with Crippen molar-refractivity contribution in [1.82, 2.24) is 5.43 Å². The lowest BCUT2D eigenvalue weighted by molar-refractivity contribution is 0.928. The van der Waals surface area contributed by atoms with Crippen molar-refractivity contribution in [1.29, 1.82) is 0 Å². The number of benzene rings is 2. The zero-order valence-corrected chi connectivity index (χ0v) is 11.6. The summed E-state index contributed by atoms with van der Waals surface area (Å²) >= 11 is 0. The van der Waals surface area contributed by atoms with E-state index in [1.807, 2.05) is 30.3 Å². The molecule has 0 saturated heterocycles. The summed E-state index contributed by atoms with van der Waals surface area (Å²) in [5.74, 6) is 6.05. The van der Waals surface area contributed by atoms with Gasteiger partial charge in [0.15, 0.2) is 0 Å². The van der Waals surface area contributed by atoms with Crippen LogP contribution in [0.1, 0.15) is 11.1 Å². The van der Waals surface area contributed by atoms with E-state index in [4.69, 9.17) is 5.84 Å². The largest absolute Gasteiger partial charge is 0.325 e. The SMILES string of the molecule is Cc1cccc(CCN=C(NN)Nc2ccccc2)c1. The first-order valence-electron chi connectivity index (χ1n) is 6.66. The first kappa shape index (κ1) is 14.1. The topological polar surface area (TPSA) is 62.4 Å². The van der Waals surface area contributed by atoms with Gasteiger partial charge in [-0.05, 0) is 31.0 Å². The maximum Gasteiger partial charge on any atom is 0.210 e. The molecule has 0 spiro atoms. The van der Waals surface area contributed by atoms with Crippen molar-refractivity contribution in [3.8, 4) is 0 Å². The number of para-hydroxylation sites is 1. The van der Waals surface area contributed by atoms with Crippen LogP contribution < -0.4 is 16.6 Å². The number of aryl methyl sites for hydroxylation is 1. The summed E-state index contributed by atoms with van der Waals surface area (Å²) in [6, 6.07) is 18.3. The number of anilines is 1. The third-order valence-corrected chi connectivity index (χ3v) is 2.93. The Morgan fingerprint density at radius 1 is 1.10 bits per heavy atom. The number of nitrogens with one attached hydrogen (secondary N) is 2. The van der Waals surface area contributed by atoms with Crippen molar-refractivity contribution in [3.63, 3.8) is 0 Å². The van der Waals surface area contributed by atoms with Crippen LogP contribution in [0.25, 0.3) is 0 Å². The molecular weight excluding hydrogens is 248 g/mol. The Labute approximate surface area is 119 Å². The molecule has 0 radical (unpaired) electrons. The summed E-state index contributed by atoms with van der Waals surface area (Å²) in [7, 11) is 0. The van der Waals surface area contributed by atoms with Crippen molar-refractivity contribution in [2.75, 3.05) is 11.9 Å². The first-order valence-corrected chi connectivity index (χ1v) is 6.66. The summed E-state index contributed by atoms with van der Waals surface area (Å²) in [5, 5.41) is 3.14. The fourth-order valence-corrected chi connectivity index (χ4v) is 1.94. The Morgan fingerprint density at radius 3 is 2.60 bits per heavy atom. The predicted octanol–water partition coefficient (Wildman–Crippen LogP) is 2.47. The van der Waals surface area contributed by atoms with Gasteiger partial charge in [-0.3, -0.25) is 10.4 Å². The number of hydrogen-bond acceptors (Lipinski definition) is 2. The first-order chi connectivity index (χ1) is 9.78. The van der Waals surface area contributed by atoms with Gasteiger partial charge < -0.3 is 5.32 Å². The lowest BCUT2D eigenvalue weighted by atomic mass is 10.1. The highest BCUT2D eigenvalue weighted by Crippen LogP contribution is 2.06. The molecule has 20 heavy (non-hydrogen) atoms. The van der Waals surface area contributed by atoms with Crippen LogP contribution in [0, 0.1) is 6.92 Å². The van der Waals surface area contributed by atoms with E-state index in [1.54, 1.807) is 0 Å². The summed E-state index contributed by atoms with van der Waals surface area (Å²) in [5.41, 5.74) is 6.10. The number of guanidine groups is 1. The normalized spacial score (nSPS) is 11.2. The Hall–Kier alpha value is -2.33. The van der Waals surface area contributed by atoms with Crippen LogP contribution in [0.15, 0.2) is 59.6 Å². The standard InChI is InChI=1S/C16H20N4/c1-13-6-5-7-14(12-13)10-11-18-16(20-17)19-15-8-3-2-4-9-15/h2-9,12H,10-11,17H2,1H3,(H2,18,19,20). The fraction of sp³-hybridized carbons (Fsp3) is 0.188. The average molecular weight is 268 g/mol. The molecule has 2 rings (SSSR count). The van der Waals surface area contributed by atoms with Crippen LogP contribution in [0.4, 0.5) is 5.69 Å². The average Bonchev–Trinajstić information content (AvgIpc) is 2.47. The lowest BCUT2D eigenvalue weighted by Gasteiger charge is -2.09. The molecule has 0 heterocycles. The van der Waals surface area contributed by atoms with Gasteiger partial charge in [0, 0.05) is 12.2 Å². The third kappa shape index (κ3) is 4.40. The highest BCUT2D eigenvalue weighted by molar-refractivity contribution is 5.93. The van der Waals surface area contributed by atoms with Crippen LogP contribution >= 0.6 is 0 Å². The Kier molecular flexibility index (Phi) is 5.15. The molecule has 104 valence electrons. The number of hydrogen-bond donors (Lipinski definition) is 3. The molecule has 0 aliphatic heterocycles. The van der Waals surface area contributed by atoms with Gasteiger partial charge in [-0.1, -0.05) is 48.0 Å². The molecule has 0 amide bonds. The fourth-order valence-electron chi connectivity index (χ4n) is 1.94. The zero-order chi connectivity index (χ0) is 14.2. The molecule has 2 aromatic rings. The van der Waals surface area contributed by atoms with E-state index in [2.05, 4.69) is 46.9 Å². The number of nitrogens with two attached hydrogens (primary N) is 1. The molecule has 0 aliphatic carbocycles. The zero-order valence-electron chi connectivity index (χ0n) is 11.6. The van der Waals surface area contributed by atoms with Crippen LogP contribution in [0.3, 0.4) is 0 Å². The van der Waals surface area contributed by atoms with Gasteiger partial charge in [-0.15, -0.1) is 0 Å². The van der Waals surface area contributed by atoms with Crippen molar-refractivity contribution in [2.24, 2.45) is 10.8 Å². The second-order valence-electron chi connectivity index (χ2n) is 4.60. The van der Waals surface area contributed by atoms with E-state index >= 15 is 0 Å². The highest BCUT2D eigenvalue weighted by Gasteiger charge is 1.97. The number of nitrogens with zero attached hydrogens (tertiary/aromatic N) is 1. The van der Waals surface area contributed by atoms with Crippen LogP contribution in [0.2, 0.25) is 0 Å². The van der Waals surface area contributed by atoms with Gasteiger partial charge in [-0.2, -0.15) is 0 Å². The maximum absolute atomic E-state index is 5.48. The molecule has 4 N–H and O–H groups in total. The predicted molar refractivity (Wildman–Crippen MR) is 84.6 cm³/mol. The summed E-state index contributed by atoms with van der Waals surface area (Å²) in [6.07, 6.45) is 0.892. The van der Waals surface area contributed by atoms with Crippen LogP contribution in [-0.4, -0.2) is 12.5 Å². The van der Waals surface area contributed by atoms with Crippen molar-refractivity contribution >= 4 is 11.6 Å². The molecule has 0 bridgehead atoms. The third-order valence-electron chi connectivity index (χ3n) is 2.93. The van der Waals surface area contributed by atoms with E-state index in [9.17, 15) is 0 Å². The summed E-state index contributed by atoms with van der Waals surface area (Å²) < 4.78 is 0. The van der Waals surface area contributed by atoms with Gasteiger partial charge in [0.2, 0.25) is 5.96 Å². The Balaban J connectivity index is 1.91. The molecule has 4 heteroatoms. The maximum atomic E-state index is 5.48. The highest BCUT2D eigenvalue weighted by atomic mass is 15.3. The molecule has 0 aliphatic rings. The molecule has 0 atom stereocenters. The number of aliphatic imine (C=N–C) groups is 1. The van der Waals surface area contributed by atoms with E-state index < -0.39 is 0 Å². The molecule has 0 saturated carbocycles. The van der Waals surface area contributed by atoms with E-state index in [1.165, 1.54) is 11.1 Å². The van der Waals surface area contributed by atoms with E-state index in [-0.39, 0.29) is 0 Å². The van der Waals surface area contributed by atoms with Crippen molar-refractivity contribution in [3.05, 3.63) is 65.7 Å². The second-order valence-corrected chi connectivity index (χ2v) is 4.60. The van der Waals surface area contributed by atoms with E-state index in [0.717, 1.165) is 12.1 Å². The van der Waals surface area contributed by atoms with Crippen LogP contribution in [0.5, 0.6) is 0 Å². The number of rotatable bonds is 4. The Bertz CT molecular complexity index is 564. The second kappa shape index (κ2) is 7.31. The smallest absolute Gasteiger partial charge is 0.210 e. The van der Waals surface area contributed by atoms with Gasteiger partial charge in [0.25, 0.3) is 0 Å². The van der Waals surface area contributed by atoms with Crippen LogP contribution in [-0.2, 0) is 6.42 Å². The minimum absolute atomic E-state index is 0.573. The Morgan fingerprint density at radius 2 is 1.90 bits per heavy atom. The molecule has 0 aromatic heterocycles. The van der Waals surface area contributed by atoms with Gasteiger partial charge in [0.1, 0.15) is 0 Å². The number of hydrazine groups is 1. The molecule has 0 fully saturated rings. The van der Waals surface area contributed by atoms with Gasteiger partial charge >= 0.3 is 0 Å². The quantitative estimate of drug-likeness (QED) is 0.345. The molecule has 4 nitrogen and oxygen atoms in total.